The molecule has 2 aliphatic carbocycles. The average molecular weight is 450 g/mol. The Kier molecular flexibility index (Phi) is 6.31. The summed E-state index contributed by atoms with van der Waals surface area (Å²) in [5, 5.41) is 14.6. The highest BCUT2D eigenvalue weighted by Crippen LogP contribution is 2.28. The molecule has 0 bridgehead atoms. The lowest BCUT2D eigenvalue weighted by Crippen LogP contribution is -2.42. The molecule has 3 aliphatic rings. The summed E-state index contributed by atoms with van der Waals surface area (Å²) in [4.78, 5) is 37.5. The molecule has 166 valence electrons. The van der Waals surface area contributed by atoms with Gasteiger partial charge in [-0.2, -0.15) is 0 Å². The zero-order chi connectivity index (χ0) is 22.0. The van der Waals surface area contributed by atoms with Crippen LogP contribution in [-0.2, 0) is 14.4 Å². The van der Waals surface area contributed by atoms with E-state index in [9.17, 15) is 18.8 Å². The minimum absolute atomic E-state index is 0.0754. The second-order valence-corrected chi connectivity index (χ2v) is 8.57. The molecule has 0 saturated heterocycles. The van der Waals surface area contributed by atoms with Crippen LogP contribution in [0.15, 0.2) is 29.6 Å². The largest absolute Gasteiger partial charge is 0.362 e. The van der Waals surface area contributed by atoms with Gasteiger partial charge in [-0.1, -0.05) is 11.6 Å². The zero-order valence-corrected chi connectivity index (χ0v) is 17.7. The van der Waals surface area contributed by atoms with Crippen LogP contribution in [0.2, 0.25) is 5.02 Å². The Morgan fingerprint density at radius 3 is 1.97 bits per heavy atom. The maximum Gasteiger partial charge on any atom is 0.269 e. The number of carbonyl (C=O) groups is 3. The van der Waals surface area contributed by atoms with Gasteiger partial charge in [-0.25, -0.2) is 4.39 Å². The Labute approximate surface area is 184 Å². The fourth-order valence-corrected chi connectivity index (χ4v) is 4.07. The average Bonchev–Trinajstić information content (AvgIpc) is 3.41. The Hall–Kier alpha value is -2.81. The molecule has 0 aromatic heterocycles. The summed E-state index contributed by atoms with van der Waals surface area (Å²) < 4.78 is 13.2. The summed E-state index contributed by atoms with van der Waals surface area (Å²) in [6.45, 7) is 0.328. The lowest BCUT2D eigenvalue weighted by atomic mass is 9.85. The number of anilines is 1. The first-order chi connectivity index (χ1) is 14.9. The van der Waals surface area contributed by atoms with Crippen molar-refractivity contribution in [1.29, 1.82) is 0 Å². The monoisotopic (exact) mass is 449 g/mol. The molecular formula is C21H25ClFN5O3. The van der Waals surface area contributed by atoms with Gasteiger partial charge in [0.05, 0.1) is 17.4 Å². The van der Waals surface area contributed by atoms with Crippen molar-refractivity contribution in [3.8, 4) is 0 Å². The maximum atomic E-state index is 13.2. The molecule has 31 heavy (non-hydrogen) atoms. The lowest BCUT2D eigenvalue weighted by Gasteiger charge is -2.28. The van der Waals surface area contributed by atoms with E-state index in [4.69, 9.17) is 11.6 Å². The zero-order valence-electron chi connectivity index (χ0n) is 16.9. The molecule has 1 heterocycles. The van der Waals surface area contributed by atoms with Gasteiger partial charge in [0, 0.05) is 18.0 Å². The number of amides is 3. The molecule has 3 amide bonds. The SMILES string of the molecule is O=C(NC1CC1)C1=C(C(=O)N[C@H]2CC[C@H](C(=O)Nc3ccc(F)cc3Cl)CC2)NCN1. The van der Waals surface area contributed by atoms with Crippen LogP contribution in [0.25, 0.3) is 0 Å². The number of hydrogen-bond donors (Lipinski definition) is 5. The van der Waals surface area contributed by atoms with E-state index in [-0.39, 0.29) is 52.1 Å². The number of rotatable bonds is 6. The van der Waals surface area contributed by atoms with Gasteiger partial charge in [0.2, 0.25) is 5.91 Å². The van der Waals surface area contributed by atoms with Crippen LogP contribution in [0, 0.1) is 11.7 Å². The first-order valence-corrected chi connectivity index (χ1v) is 10.9. The Bertz CT molecular complexity index is 926. The van der Waals surface area contributed by atoms with Crippen LogP contribution in [0.5, 0.6) is 0 Å². The van der Waals surface area contributed by atoms with E-state index in [1.807, 2.05) is 0 Å². The minimum Gasteiger partial charge on any atom is -0.362 e. The molecule has 1 aromatic carbocycles. The highest BCUT2D eigenvalue weighted by atomic mass is 35.5. The molecule has 10 heteroatoms. The van der Waals surface area contributed by atoms with E-state index in [2.05, 4.69) is 26.6 Å². The van der Waals surface area contributed by atoms with Crippen molar-refractivity contribution in [2.75, 3.05) is 12.0 Å². The fourth-order valence-electron chi connectivity index (χ4n) is 3.85. The number of halogens is 2. The Morgan fingerprint density at radius 1 is 0.903 bits per heavy atom. The summed E-state index contributed by atoms with van der Waals surface area (Å²) in [7, 11) is 0. The summed E-state index contributed by atoms with van der Waals surface area (Å²) in [6, 6.07) is 3.97. The smallest absolute Gasteiger partial charge is 0.269 e. The van der Waals surface area contributed by atoms with Gasteiger partial charge in [-0.3, -0.25) is 14.4 Å². The second kappa shape index (κ2) is 9.13. The molecule has 1 aromatic rings. The quantitative estimate of drug-likeness (QED) is 0.454. The molecule has 0 radical (unpaired) electrons. The number of benzene rings is 1. The summed E-state index contributed by atoms with van der Waals surface area (Å²) >= 11 is 5.97. The fraction of sp³-hybridized carbons (Fsp3) is 0.476. The van der Waals surface area contributed by atoms with Gasteiger partial charge in [0.25, 0.3) is 11.8 Å². The maximum absolute atomic E-state index is 13.2. The third kappa shape index (κ3) is 5.28. The molecule has 5 N–H and O–H groups in total. The van der Waals surface area contributed by atoms with Crippen LogP contribution >= 0.6 is 11.6 Å². The van der Waals surface area contributed by atoms with Gasteiger partial charge in [-0.15, -0.1) is 0 Å². The van der Waals surface area contributed by atoms with E-state index < -0.39 is 5.82 Å². The topological polar surface area (TPSA) is 111 Å². The summed E-state index contributed by atoms with van der Waals surface area (Å²) in [5.74, 6) is -1.43. The summed E-state index contributed by atoms with van der Waals surface area (Å²) in [5.41, 5.74) is 0.907. The van der Waals surface area contributed by atoms with Crippen molar-refractivity contribution in [3.63, 3.8) is 0 Å². The first-order valence-electron chi connectivity index (χ1n) is 10.5. The minimum atomic E-state index is -0.463. The third-order valence-electron chi connectivity index (χ3n) is 5.77. The number of carbonyl (C=O) groups excluding carboxylic acids is 3. The van der Waals surface area contributed by atoms with Gasteiger partial charge in [0.1, 0.15) is 17.2 Å². The van der Waals surface area contributed by atoms with Crippen LogP contribution in [0.4, 0.5) is 10.1 Å². The highest BCUT2D eigenvalue weighted by Gasteiger charge is 2.32. The van der Waals surface area contributed by atoms with Crippen molar-refractivity contribution >= 4 is 35.0 Å². The van der Waals surface area contributed by atoms with Gasteiger partial charge >= 0.3 is 0 Å². The van der Waals surface area contributed by atoms with Crippen LogP contribution in [0.3, 0.4) is 0 Å². The second-order valence-electron chi connectivity index (χ2n) is 8.16. The van der Waals surface area contributed by atoms with Gasteiger partial charge in [-0.05, 0) is 56.7 Å². The highest BCUT2D eigenvalue weighted by molar-refractivity contribution is 6.33. The standard InChI is InChI=1S/C21H25ClFN5O3/c22-15-9-12(23)3-8-16(15)28-19(29)11-1-4-13(5-2-11)26-20(30)17-18(25-10-24-17)21(31)27-14-6-7-14/h3,8-9,11,13-14,24-25H,1-2,4-7,10H2,(H,26,30)(H,27,31)(H,28,29)/t11-,13-. The van der Waals surface area contributed by atoms with Gasteiger partial charge < -0.3 is 26.6 Å². The van der Waals surface area contributed by atoms with Crippen LogP contribution in [0.1, 0.15) is 38.5 Å². The molecule has 4 rings (SSSR count). The molecule has 0 unspecified atom stereocenters. The lowest BCUT2D eigenvalue weighted by molar-refractivity contribution is -0.122. The van der Waals surface area contributed by atoms with Crippen LogP contribution < -0.4 is 26.6 Å². The van der Waals surface area contributed by atoms with E-state index in [1.165, 1.54) is 12.1 Å². The van der Waals surface area contributed by atoms with Crippen LogP contribution in [-0.4, -0.2) is 36.5 Å². The van der Waals surface area contributed by atoms with E-state index in [1.54, 1.807) is 0 Å². The van der Waals surface area contributed by atoms with Crippen molar-refractivity contribution in [2.24, 2.45) is 5.92 Å². The summed E-state index contributed by atoms with van der Waals surface area (Å²) in [6.07, 6.45) is 4.44. The molecular weight excluding hydrogens is 425 g/mol. The van der Waals surface area contributed by atoms with E-state index in [0.717, 1.165) is 18.9 Å². The first kappa shape index (κ1) is 21.4. The number of nitrogens with one attached hydrogen (secondary N) is 5. The van der Waals surface area contributed by atoms with E-state index in [0.29, 0.717) is 38.0 Å². The predicted molar refractivity (Wildman–Crippen MR) is 113 cm³/mol. The van der Waals surface area contributed by atoms with Crippen molar-refractivity contribution in [1.82, 2.24) is 21.3 Å². The van der Waals surface area contributed by atoms with E-state index >= 15 is 0 Å². The van der Waals surface area contributed by atoms with Gasteiger partial charge in [0.15, 0.2) is 0 Å². The molecule has 8 nitrogen and oxygen atoms in total. The predicted octanol–water partition coefficient (Wildman–Crippen LogP) is 1.73. The number of hydrogen-bond acceptors (Lipinski definition) is 5. The molecule has 2 saturated carbocycles. The molecule has 0 atom stereocenters. The molecule has 1 aliphatic heterocycles. The molecule has 0 spiro atoms. The molecule has 2 fully saturated rings. The Balaban J connectivity index is 1.28. The normalized spacial score (nSPS) is 22.9. The van der Waals surface area contributed by atoms with Crippen molar-refractivity contribution in [3.05, 3.63) is 40.4 Å². The van der Waals surface area contributed by atoms with Crippen molar-refractivity contribution in [2.45, 2.75) is 50.6 Å². The van der Waals surface area contributed by atoms with Crippen molar-refractivity contribution < 1.29 is 18.8 Å². The Morgan fingerprint density at radius 2 is 1.45 bits per heavy atom. The third-order valence-corrected chi connectivity index (χ3v) is 6.08.